The number of hydrogen-bond donors (Lipinski definition) is 0. The summed E-state index contributed by atoms with van der Waals surface area (Å²) in [6.07, 6.45) is 6.39. The van der Waals surface area contributed by atoms with Gasteiger partial charge in [-0.25, -0.2) is 8.42 Å². The van der Waals surface area contributed by atoms with Gasteiger partial charge in [0, 0.05) is 0 Å². The smallest absolute Gasteiger partial charge is 0.217 e. The van der Waals surface area contributed by atoms with E-state index in [-0.39, 0.29) is 0 Å². The second kappa shape index (κ2) is 9.72. The Morgan fingerprint density at radius 3 is 2.16 bits per heavy atom. The van der Waals surface area contributed by atoms with Crippen molar-refractivity contribution in [2.75, 3.05) is 0 Å². The van der Waals surface area contributed by atoms with Gasteiger partial charge in [-0.3, -0.25) is 4.18 Å². The van der Waals surface area contributed by atoms with Crippen LogP contribution in [0, 0.1) is 11.8 Å². The molecule has 0 bridgehead atoms. The summed E-state index contributed by atoms with van der Waals surface area (Å²) in [4.78, 5) is 0. The maximum Gasteiger partial charge on any atom is 0.217 e. The second-order valence-corrected chi connectivity index (χ2v) is 6.76. The summed E-state index contributed by atoms with van der Waals surface area (Å²) in [6, 6.07) is 0. The van der Waals surface area contributed by atoms with Crippen molar-refractivity contribution in [2.45, 2.75) is 78.7 Å². The fourth-order valence-corrected chi connectivity index (χ4v) is 2.87. The summed E-state index contributed by atoms with van der Waals surface area (Å²) in [5.41, 5.74) is 0. The van der Waals surface area contributed by atoms with Crippen LogP contribution in [0.15, 0.2) is 0 Å². The van der Waals surface area contributed by atoms with Crippen LogP contribution in [0.25, 0.3) is 0 Å². The molecule has 0 aromatic heterocycles. The lowest BCUT2D eigenvalue weighted by Crippen LogP contribution is -2.21. The third-order valence-electron chi connectivity index (χ3n) is 3.43. The van der Waals surface area contributed by atoms with Crippen molar-refractivity contribution in [2.24, 2.45) is 11.8 Å². The average Bonchev–Trinajstić information content (AvgIpc) is 2.26. The molecule has 2 atom stereocenters. The molecule has 0 radical (unpaired) electrons. The summed E-state index contributed by atoms with van der Waals surface area (Å²) in [6.45, 7) is 8.33. The van der Waals surface area contributed by atoms with Crippen LogP contribution < -0.4 is 0 Å². The highest BCUT2D eigenvalue weighted by Crippen LogP contribution is 2.23. The zero-order valence-corrected chi connectivity index (χ0v) is 13.5. The highest BCUT2D eigenvalue weighted by molar-refractivity contribution is 7.80. The molecular formula is C14H29O4S-. The molecule has 2 unspecified atom stereocenters. The molecule has 0 spiro atoms. The summed E-state index contributed by atoms with van der Waals surface area (Å²) < 4.78 is 36.9. The molecule has 19 heavy (non-hydrogen) atoms. The van der Waals surface area contributed by atoms with E-state index in [4.69, 9.17) is 0 Å². The van der Waals surface area contributed by atoms with Crippen molar-refractivity contribution < 1.29 is 17.2 Å². The van der Waals surface area contributed by atoms with Crippen molar-refractivity contribution in [3.8, 4) is 0 Å². The molecule has 116 valence electrons. The Labute approximate surface area is 118 Å². The Kier molecular flexibility index (Phi) is 9.66. The van der Waals surface area contributed by atoms with Gasteiger partial charge in [0.25, 0.3) is 0 Å². The van der Waals surface area contributed by atoms with Crippen molar-refractivity contribution in [3.63, 3.8) is 0 Å². The first-order chi connectivity index (χ1) is 8.78. The summed E-state index contributed by atoms with van der Waals surface area (Å²) in [5, 5.41) is 0. The van der Waals surface area contributed by atoms with E-state index in [1.54, 1.807) is 0 Å². The van der Waals surface area contributed by atoms with Crippen LogP contribution in [0.3, 0.4) is 0 Å². The van der Waals surface area contributed by atoms with E-state index in [2.05, 4.69) is 18.0 Å². The van der Waals surface area contributed by atoms with Gasteiger partial charge >= 0.3 is 0 Å². The average molecular weight is 293 g/mol. The molecule has 0 amide bonds. The minimum Gasteiger partial charge on any atom is -0.726 e. The standard InChI is InChI=1S/C14H30O4S/c1-5-7-8-13(6-2)9-10-14(11-12(3)4)18-19(15,16)17/h12-14H,5-11H2,1-4H3,(H,15,16,17)/p-1. The van der Waals surface area contributed by atoms with Gasteiger partial charge in [0.05, 0.1) is 6.10 Å². The molecular weight excluding hydrogens is 264 g/mol. The Morgan fingerprint density at radius 2 is 1.74 bits per heavy atom. The van der Waals surface area contributed by atoms with E-state index >= 15 is 0 Å². The summed E-state index contributed by atoms with van der Waals surface area (Å²) in [7, 11) is -4.59. The number of rotatable bonds is 11. The monoisotopic (exact) mass is 293 g/mol. The number of unbranched alkanes of at least 4 members (excludes halogenated alkanes) is 1. The molecule has 0 aliphatic rings. The highest BCUT2D eigenvalue weighted by Gasteiger charge is 2.17. The van der Waals surface area contributed by atoms with Crippen LogP contribution in [0.2, 0.25) is 0 Å². The lowest BCUT2D eigenvalue weighted by molar-refractivity contribution is 0.138. The zero-order valence-electron chi connectivity index (χ0n) is 12.7. The van der Waals surface area contributed by atoms with Gasteiger partial charge in [-0.15, -0.1) is 0 Å². The van der Waals surface area contributed by atoms with Gasteiger partial charge in [-0.2, -0.15) is 0 Å². The number of hydrogen-bond acceptors (Lipinski definition) is 4. The van der Waals surface area contributed by atoms with Crippen LogP contribution in [0.5, 0.6) is 0 Å². The molecule has 5 heteroatoms. The van der Waals surface area contributed by atoms with E-state index in [9.17, 15) is 13.0 Å². The molecule has 0 aliphatic heterocycles. The van der Waals surface area contributed by atoms with E-state index < -0.39 is 16.5 Å². The third-order valence-corrected chi connectivity index (χ3v) is 3.94. The Morgan fingerprint density at radius 1 is 1.11 bits per heavy atom. The van der Waals surface area contributed by atoms with Crippen molar-refractivity contribution in [3.05, 3.63) is 0 Å². The van der Waals surface area contributed by atoms with Crippen LogP contribution in [0.1, 0.15) is 72.6 Å². The summed E-state index contributed by atoms with van der Waals surface area (Å²) in [5.74, 6) is 0.926. The molecule has 0 heterocycles. The van der Waals surface area contributed by atoms with Crippen LogP contribution in [-0.2, 0) is 14.6 Å². The van der Waals surface area contributed by atoms with Crippen LogP contribution in [0.4, 0.5) is 0 Å². The van der Waals surface area contributed by atoms with Crippen LogP contribution in [-0.4, -0.2) is 19.1 Å². The van der Waals surface area contributed by atoms with Gasteiger partial charge in [0.1, 0.15) is 0 Å². The Balaban J connectivity index is 4.30. The molecule has 4 nitrogen and oxygen atoms in total. The Bertz CT molecular complexity index is 311. The molecule has 0 aliphatic carbocycles. The predicted molar refractivity (Wildman–Crippen MR) is 76.6 cm³/mol. The van der Waals surface area contributed by atoms with Gasteiger partial charge < -0.3 is 4.55 Å². The fraction of sp³-hybridized carbons (Fsp3) is 1.00. The largest absolute Gasteiger partial charge is 0.726 e. The fourth-order valence-electron chi connectivity index (χ4n) is 2.36. The second-order valence-electron chi connectivity index (χ2n) is 5.75. The molecule has 0 rings (SSSR count). The van der Waals surface area contributed by atoms with Gasteiger partial charge in [-0.05, 0) is 31.1 Å². The van der Waals surface area contributed by atoms with E-state index in [0.29, 0.717) is 24.7 Å². The molecule has 0 aromatic rings. The Hall–Kier alpha value is -0.130. The third kappa shape index (κ3) is 11.4. The minimum atomic E-state index is -4.59. The molecule has 0 N–H and O–H groups in total. The first-order valence-corrected chi connectivity index (χ1v) is 8.75. The predicted octanol–water partition coefficient (Wildman–Crippen LogP) is 3.87. The lowest BCUT2D eigenvalue weighted by Gasteiger charge is -2.23. The van der Waals surface area contributed by atoms with E-state index in [1.165, 1.54) is 19.3 Å². The normalized spacial score (nSPS) is 15.7. The highest BCUT2D eigenvalue weighted by atomic mass is 32.3. The first kappa shape index (κ1) is 18.9. The first-order valence-electron chi connectivity index (χ1n) is 7.42. The molecule has 0 saturated heterocycles. The van der Waals surface area contributed by atoms with E-state index in [0.717, 1.165) is 12.8 Å². The minimum absolute atomic E-state index is 0.322. The van der Waals surface area contributed by atoms with Crippen molar-refractivity contribution >= 4 is 10.4 Å². The van der Waals surface area contributed by atoms with Gasteiger partial charge in [0.15, 0.2) is 0 Å². The summed E-state index contributed by atoms with van der Waals surface area (Å²) >= 11 is 0. The topological polar surface area (TPSA) is 66.4 Å². The maximum absolute atomic E-state index is 10.7. The zero-order chi connectivity index (χ0) is 14.9. The quantitative estimate of drug-likeness (QED) is 0.428. The van der Waals surface area contributed by atoms with Gasteiger partial charge in [0.2, 0.25) is 10.4 Å². The van der Waals surface area contributed by atoms with E-state index in [1.807, 2.05) is 13.8 Å². The molecule has 0 fully saturated rings. The lowest BCUT2D eigenvalue weighted by atomic mass is 9.91. The van der Waals surface area contributed by atoms with Gasteiger partial charge in [-0.1, -0.05) is 53.4 Å². The maximum atomic E-state index is 10.7. The van der Waals surface area contributed by atoms with Crippen molar-refractivity contribution in [1.29, 1.82) is 0 Å². The van der Waals surface area contributed by atoms with Crippen molar-refractivity contribution in [1.82, 2.24) is 0 Å². The SMILES string of the molecule is CCCCC(CC)CCC(CC(C)C)OS(=O)(=O)[O-]. The molecule has 0 aromatic carbocycles. The molecule has 0 saturated carbocycles. The van der Waals surface area contributed by atoms with Crippen LogP contribution >= 0.6 is 0 Å².